The molecule has 0 radical (unpaired) electrons. The molecule has 27 heavy (non-hydrogen) atoms. The van der Waals surface area contributed by atoms with Gasteiger partial charge >= 0.3 is 6.61 Å². The van der Waals surface area contributed by atoms with Crippen LogP contribution in [0.15, 0.2) is 42.5 Å². The molecule has 0 aliphatic carbocycles. The van der Waals surface area contributed by atoms with Gasteiger partial charge in [-0.3, -0.25) is 9.69 Å². The summed E-state index contributed by atoms with van der Waals surface area (Å²) in [5.41, 5.74) is 1.14. The fourth-order valence-electron chi connectivity index (χ4n) is 2.99. The second-order valence-electron chi connectivity index (χ2n) is 6.21. The highest BCUT2D eigenvalue weighted by Crippen LogP contribution is 2.21. The number of carbonyl (C=O) groups excluding carboxylic acids is 1. The lowest BCUT2D eigenvalue weighted by atomic mass is 10.1. The van der Waals surface area contributed by atoms with Gasteiger partial charge in [0.25, 0.3) is 5.91 Å². The van der Waals surface area contributed by atoms with E-state index in [1.54, 1.807) is 17.0 Å². The molecule has 2 aromatic carbocycles. The van der Waals surface area contributed by atoms with Crippen molar-refractivity contribution >= 4 is 17.5 Å². The van der Waals surface area contributed by atoms with Crippen LogP contribution < -0.4 is 4.74 Å². The maximum Gasteiger partial charge on any atom is 0.387 e. The number of alkyl halides is 2. The molecule has 1 aliphatic rings. The number of rotatable bonds is 5. The Morgan fingerprint density at radius 3 is 2.52 bits per heavy atom. The van der Waals surface area contributed by atoms with E-state index in [1.165, 1.54) is 30.3 Å². The first-order chi connectivity index (χ1) is 12.9. The van der Waals surface area contributed by atoms with Crippen LogP contribution >= 0.6 is 11.6 Å². The second kappa shape index (κ2) is 8.63. The molecule has 3 rings (SSSR count). The number of carbonyl (C=O) groups is 1. The molecule has 4 nitrogen and oxygen atoms in total. The van der Waals surface area contributed by atoms with Crippen LogP contribution in [0.3, 0.4) is 0 Å². The van der Waals surface area contributed by atoms with Gasteiger partial charge < -0.3 is 9.64 Å². The highest BCUT2D eigenvalue weighted by Gasteiger charge is 2.23. The molecule has 0 unspecified atom stereocenters. The van der Waals surface area contributed by atoms with Gasteiger partial charge in [0.15, 0.2) is 0 Å². The fourth-order valence-corrected chi connectivity index (χ4v) is 3.21. The maximum absolute atomic E-state index is 13.1. The number of nitrogens with zero attached hydrogens (tertiary/aromatic N) is 2. The average Bonchev–Trinajstić information content (AvgIpc) is 2.64. The van der Waals surface area contributed by atoms with Crippen molar-refractivity contribution in [3.8, 4) is 5.75 Å². The van der Waals surface area contributed by atoms with Crippen molar-refractivity contribution in [2.24, 2.45) is 0 Å². The number of amides is 1. The molecular formula is C19H18ClF3N2O2. The lowest BCUT2D eigenvalue weighted by Crippen LogP contribution is -2.48. The Hall–Kier alpha value is -2.25. The summed E-state index contributed by atoms with van der Waals surface area (Å²) in [4.78, 5) is 16.4. The second-order valence-corrected chi connectivity index (χ2v) is 6.62. The van der Waals surface area contributed by atoms with E-state index in [9.17, 15) is 18.0 Å². The predicted molar refractivity (Wildman–Crippen MR) is 95.7 cm³/mol. The summed E-state index contributed by atoms with van der Waals surface area (Å²) < 4.78 is 42.1. The van der Waals surface area contributed by atoms with Crippen LogP contribution in [0.5, 0.6) is 5.75 Å². The van der Waals surface area contributed by atoms with Crippen LogP contribution in [0.2, 0.25) is 5.02 Å². The molecule has 8 heteroatoms. The maximum atomic E-state index is 13.1. The average molecular weight is 399 g/mol. The molecular weight excluding hydrogens is 381 g/mol. The van der Waals surface area contributed by atoms with Crippen molar-refractivity contribution in [1.82, 2.24) is 9.80 Å². The van der Waals surface area contributed by atoms with Crippen LogP contribution in [0.4, 0.5) is 13.2 Å². The van der Waals surface area contributed by atoms with Gasteiger partial charge in [0.05, 0.1) is 0 Å². The zero-order valence-corrected chi connectivity index (χ0v) is 15.1. The van der Waals surface area contributed by atoms with Crippen LogP contribution in [0.1, 0.15) is 15.9 Å². The van der Waals surface area contributed by atoms with Crippen molar-refractivity contribution in [3.05, 3.63) is 64.4 Å². The van der Waals surface area contributed by atoms with E-state index in [0.717, 1.165) is 5.56 Å². The van der Waals surface area contributed by atoms with E-state index < -0.39 is 6.61 Å². The van der Waals surface area contributed by atoms with Gasteiger partial charge in [0.2, 0.25) is 0 Å². The topological polar surface area (TPSA) is 32.8 Å². The molecule has 1 heterocycles. The van der Waals surface area contributed by atoms with Gasteiger partial charge in [-0.1, -0.05) is 23.7 Å². The number of halogens is 4. The molecule has 0 N–H and O–H groups in total. The molecule has 0 spiro atoms. The summed E-state index contributed by atoms with van der Waals surface area (Å²) >= 11 is 6.06. The number of piperazine rings is 1. The molecule has 0 aromatic heterocycles. The summed E-state index contributed by atoms with van der Waals surface area (Å²) in [5.74, 6) is -0.646. The van der Waals surface area contributed by atoms with E-state index in [-0.39, 0.29) is 17.5 Å². The molecule has 1 fully saturated rings. The first-order valence-electron chi connectivity index (χ1n) is 8.43. The minimum atomic E-state index is -2.93. The Kier molecular flexibility index (Phi) is 6.23. The minimum absolute atomic E-state index is 0.0413. The van der Waals surface area contributed by atoms with Gasteiger partial charge in [-0.2, -0.15) is 8.78 Å². The molecule has 1 saturated heterocycles. The Balaban J connectivity index is 1.58. The van der Waals surface area contributed by atoms with E-state index in [4.69, 9.17) is 11.6 Å². The predicted octanol–water partition coefficient (Wildman–Crippen LogP) is 4.04. The third-order valence-corrected chi connectivity index (χ3v) is 4.73. The summed E-state index contributed by atoms with van der Waals surface area (Å²) in [7, 11) is 0. The highest BCUT2D eigenvalue weighted by atomic mass is 35.5. The van der Waals surface area contributed by atoms with Crippen molar-refractivity contribution in [2.45, 2.75) is 13.2 Å². The zero-order valence-electron chi connectivity index (χ0n) is 14.4. The number of benzene rings is 2. The summed E-state index contributed by atoms with van der Waals surface area (Å²) in [6, 6.07) is 10.1. The van der Waals surface area contributed by atoms with Crippen molar-refractivity contribution < 1.29 is 22.7 Å². The van der Waals surface area contributed by atoms with E-state index in [0.29, 0.717) is 43.3 Å². The largest absolute Gasteiger partial charge is 0.435 e. The third-order valence-electron chi connectivity index (χ3n) is 4.37. The van der Waals surface area contributed by atoms with E-state index in [2.05, 4.69) is 9.64 Å². The Bertz CT molecular complexity index is 811. The Morgan fingerprint density at radius 2 is 1.85 bits per heavy atom. The monoisotopic (exact) mass is 398 g/mol. The number of hydrogen-bond acceptors (Lipinski definition) is 3. The van der Waals surface area contributed by atoms with Gasteiger partial charge in [-0.15, -0.1) is 0 Å². The van der Waals surface area contributed by atoms with Crippen LogP contribution in [-0.4, -0.2) is 48.5 Å². The van der Waals surface area contributed by atoms with Gasteiger partial charge in [-0.05, 0) is 35.9 Å². The molecule has 1 aliphatic heterocycles. The molecule has 144 valence electrons. The summed E-state index contributed by atoms with van der Waals surface area (Å²) in [6.07, 6.45) is 0. The SMILES string of the molecule is O=C(c1cccc(OC(F)F)c1)N1CCN(Cc2ccc(F)cc2Cl)CC1. The van der Waals surface area contributed by atoms with Crippen LogP contribution in [0, 0.1) is 5.82 Å². The molecule has 0 bridgehead atoms. The summed E-state index contributed by atoms with van der Waals surface area (Å²) in [5, 5.41) is 0.379. The molecule has 1 amide bonds. The van der Waals surface area contributed by atoms with Gasteiger partial charge in [0.1, 0.15) is 11.6 Å². The van der Waals surface area contributed by atoms with Crippen molar-refractivity contribution in [1.29, 1.82) is 0 Å². The lowest BCUT2D eigenvalue weighted by molar-refractivity contribution is -0.0499. The third kappa shape index (κ3) is 5.14. The summed E-state index contributed by atoms with van der Waals surface area (Å²) in [6.45, 7) is -0.106. The minimum Gasteiger partial charge on any atom is -0.435 e. The number of ether oxygens (including phenoxy) is 1. The van der Waals surface area contributed by atoms with E-state index >= 15 is 0 Å². The fraction of sp³-hybridized carbons (Fsp3) is 0.316. The zero-order chi connectivity index (χ0) is 19.4. The van der Waals surface area contributed by atoms with Crippen molar-refractivity contribution in [2.75, 3.05) is 26.2 Å². The molecule has 0 saturated carbocycles. The van der Waals surface area contributed by atoms with Crippen molar-refractivity contribution in [3.63, 3.8) is 0 Å². The van der Waals surface area contributed by atoms with Crippen LogP contribution in [0.25, 0.3) is 0 Å². The van der Waals surface area contributed by atoms with Gasteiger partial charge in [-0.25, -0.2) is 4.39 Å². The highest BCUT2D eigenvalue weighted by molar-refractivity contribution is 6.31. The normalized spacial score (nSPS) is 15.2. The smallest absolute Gasteiger partial charge is 0.387 e. The Morgan fingerprint density at radius 1 is 1.11 bits per heavy atom. The quantitative estimate of drug-likeness (QED) is 0.762. The standard InChI is InChI=1S/C19H18ClF3N2O2/c20-17-11-15(21)5-4-14(17)12-24-6-8-25(9-7-24)18(26)13-2-1-3-16(10-13)27-19(22)23/h1-5,10-11,19H,6-9,12H2. The van der Waals surface area contributed by atoms with Crippen LogP contribution in [-0.2, 0) is 6.54 Å². The number of hydrogen-bond donors (Lipinski definition) is 0. The first-order valence-corrected chi connectivity index (χ1v) is 8.80. The molecule has 2 aromatic rings. The van der Waals surface area contributed by atoms with E-state index in [1.807, 2.05) is 0 Å². The van der Waals surface area contributed by atoms with Gasteiger partial charge in [0, 0.05) is 43.3 Å². The first kappa shape index (κ1) is 19.5. The Labute approximate surface area is 160 Å². The molecule has 0 atom stereocenters. The lowest BCUT2D eigenvalue weighted by Gasteiger charge is -2.35.